The van der Waals surface area contributed by atoms with Crippen molar-refractivity contribution in [1.29, 1.82) is 0 Å². The van der Waals surface area contributed by atoms with Gasteiger partial charge in [-0.2, -0.15) is 0 Å². The predicted octanol–water partition coefficient (Wildman–Crippen LogP) is 3.69. The fraction of sp³-hybridized carbons (Fsp3) is 0.0556. The lowest BCUT2D eigenvalue weighted by molar-refractivity contribution is 0.415. The maximum Gasteiger partial charge on any atom is 0.203 e. The smallest absolute Gasteiger partial charge is 0.203 e. The van der Waals surface area contributed by atoms with E-state index in [1.807, 2.05) is 36.4 Å². The summed E-state index contributed by atoms with van der Waals surface area (Å²) in [5.41, 5.74) is 7.25. The highest BCUT2D eigenvalue weighted by Gasteiger charge is 2.14. The van der Waals surface area contributed by atoms with Crippen LogP contribution in [0.2, 0.25) is 0 Å². The van der Waals surface area contributed by atoms with Gasteiger partial charge in [-0.3, -0.25) is 4.79 Å². The van der Waals surface area contributed by atoms with E-state index in [-0.39, 0.29) is 5.43 Å². The lowest BCUT2D eigenvalue weighted by Gasteiger charge is -2.08. The predicted molar refractivity (Wildman–Crippen MR) is 88.5 cm³/mol. The van der Waals surface area contributed by atoms with Gasteiger partial charge in [-0.25, -0.2) is 0 Å². The van der Waals surface area contributed by atoms with Crippen molar-refractivity contribution in [2.24, 2.45) is 0 Å². The van der Waals surface area contributed by atoms with Crippen LogP contribution in [-0.2, 0) is 0 Å². The highest BCUT2D eigenvalue weighted by molar-refractivity contribution is 6.09. The van der Waals surface area contributed by atoms with Crippen molar-refractivity contribution in [3.63, 3.8) is 0 Å². The van der Waals surface area contributed by atoms with Crippen LogP contribution >= 0.6 is 0 Å². The van der Waals surface area contributed by atoms with E-state index in [2.05, 4.69) is 0 Å². The van der Waals surface area contributed by atoms with E-state index in [0.29, 0.717) is 33.4 Å². The summed E-state index contributed by atoms with van der Waals surface area (Å²) in [5, 5.41) is 2.81. The van der Waals surface area contributed by atoms with Crippen molar-refractivity contribution in [1.82, 2.24) is 0 Å². The largest absolute Gasteiger partial charge is 0.497 e. The van der Waals surface area contributed by atoms with Crippen LogP contribution in [0.4, 0.5) is 5.69 Å². The number of nitrogens with two attached hydrogens (primary N) is 1. The number of benzene rings is 3. The molecule has 0 aliphatic heterocycles. The van der Waals surface area contributed by atoms with Gasteiger partial charge in [0.2, 0.25) is 5.43 Å². The summed E-state index contributed by atoms with van der Waals surface area (Å²) in [5.74, 6) is 0.563. The molecule has 108 valence electrons. The Balaban J connectivity index is 2.28. The van der Waals surface area contributed by atoms with Crippen LogP contribution in [0.25, 0.3) is 32.7 Å². The zero-order chi connectivity index (χ0) is 15.3. The Hall–Kier alpha value is -3.01. The first kappa shape index (κ1) is 12.7. The maximum absolute atomic E-state index is 12.9. The van der Waals surface area contributed by atoms with Gasteiger partial charge in [0.15, 0.2) is 0 Å². The van der Waals surface area contributed by atoms with Gasteiger partial charge < -0.3 is 14.9 Å². The Morgan fingerprint density at radius 1 is 1.00 bits per heavy atom. The second kappa shape index (κ2) is 4.49. The molecule has 0 saturated heterocycles. The van der Waals surface area contributed by atoms with E-state index < -0.39 is 0 Å². The number of fused-ring (bicyclic) bond motifs is 4. The molecule has 0 aliphatic carbocycles. The van der Waals surface area contributed by atoms with Gasteiger partial charge in [-0.1, -0.05) is 30.3 Å². The van der Waals surface area contributed by atoms with E-state index in [9.17, 15) is 4.79 Å². The molecule has 4 heteroatoms. The Morgan fingerprint density at radius 2 is 1.82 bits per heavy atom. The van der Waals surface area contributed by atoms with Crippen molar-refractivity contribution in [2.75, 3.05) is 12.8 Å². The first-order valence-corrected chi connectivity index (χ1v) is 6.91. The van der Waals surface area contributed by atoms with Gasteiger partial charge in [-0.15, -0.1) is 0 Å². The molecule has 0 radical (unpaired) electrons. The van der Waals surface area contributed by atoms with E-state index in [0.717, 1.165) is 10.8 Å². The third-order valence-corrected chi connectivity index (χ3v) is 3.91. The number of methoxy groups -OCH3 is 1. The summed E-state index contributed by atoms with van der Waals surface area (Å²) >= 11 is 0. The van der Waals surface area contributed by atoms with Gasteiger partial charge in [0, 0.05) is 12.1 Å². The quantitative estimate of drug-likeness (QED) is 0.330. The molecule has 0 amide bonds. The molecule has 0 spiro atoms. The average molecular weight is 291 g/mol. The van der Waals surface area contributed by atoms with Crippen molar-refractivity contribution in [3.05, 3.63) is 58.8 Å². The summed E-state index contributed by atoms with van der Waals surface area (Å²) in [6.45, 7) is 0. The van der Waals surface area contributed by atoms with Crippen molar-refractivity contribution in [3.8, 4) is 5.75 Å². The summed E-state index contributed by atoms with van der Waals surface area (Å²) in [7, 11) is 1.55. The molecule has 0 atom stereocenters. The number of nitrogen functional groups attached to an aromatic ring is 1. The molecule has 1 aromatic heterocycles. The minimum Gasteiger partial charge on any atom is -0.497 e. The molecule has 0 fully saturated rings. The standard InChI is InChI=1S/C18H13NO3/c1-21-11-8-13(19)17-15(9-11)22-14-7-6-10-4-2-3-5-12(10)16(14)18(17)20/h2-9H,19H2,1H3. The molecule has 4 nitrogen and oxygen atoms in total. The minimum atomic E-state index is -0.117. The highest BCUT2D eigenvalue weighted by atomic mass is 16.5. The van der Waals surface area contributed by atoms with E-state index in [1.54, 1.807) is 19.2 Å². The summed E-state index contributed by atoms with van der Waals surface area (Å²) in [6.07, 6.45) is 0. The Labute approximate surface area is 125 Å². The molecule has 0 saturated carbocycles. The minimum absolute atomic E-state index is 0.117. The van der Waals surface area contributed by atoms with Crippen LogP contribution < -0.4 is 15.9 Å². The maximum atomic E-state index is 12.9. The fourth-order valence-corrected chi connectivity index (χ4v) is 2.87. The van der Waals surface area contributed by atoms with E-state index in [1.165, 1.54) is 0 Å². The van der Waals surface area contributed by atoms with Gasteiger partial charge >= 0.3 is 0 Å². The lowest BCUT2D eigenvalue weighted by Crippen LogP contribution is -2.06. The third-order valence-electron chi connectivity index (χ3n) is 3.91. The first-order valence-electron chi connectivity index (χ1n) is 6.91. The average Bonchev–Trinajstić information content (AvgIpc) is 2.53. The number of rotatable bonds is 1. The Morgan fingerprint density at radius 3 is 2.64 bits per heavy atom. The lowest BCUT2D eigenvalue weighted by atomic mass is 10.0. The number of ether oxygens (including phenoxy) is 1. The monoisotopic (exact) mass is 291 g/mol. The second-order valence-corrected chi connectivity index (χ2v) is 5.18. The second-order valence-electron chi connectivity index (χ2n) is 5.18. The molecule has 4 rings (SSSR count). The number of anilines is 1. The molecule has 0 bridgehead atoms. The van der Waals surface area contributed by atoms with Crippen LogP contribution in [-0.4, -0.2) is 7.11 Å². The molecule has 4 aromatic rings. The highest BCUT2D eigenvalue weighted by Crippen LogP contribution is 2.30. The molecule has 0 aliphatic rings. The third kappa shape index (κ3) is 1.67. The van der Waals surface area contributed by atoms with Crippen LogP contribution in [0, 0.1) is 0 Å². The SMILES string of the molecule is COc1cc(N)c2c(=O)c3c(ccc4ccccc43)oc2c1. The van der Waals surface area contributed by atoms with Crippen molar-refractivity contribution in [2.45, 2.75) is 0 Å². The zero-order valence-electron chi connectivity index (χ0n) is 11.9. The van der Waals surface area contributed by atoms with Gasteiger partial charge in [-0.05, 0) is 16.8 Å². The molecule has 2 N–H and O–H groups in total. The fourth-order valence-electron chi connectivity index (χ4n) is 2.87. The molecular weight excluding hydrogens is 278 g/mol. The van der Waals surface area contributed by atoms with Crippen LogP contribution in [0.15, 0.2) is 57.7 Å². The van der Waals surface area contributed by atoms with Crippen LogP contribution in [0.1, 0.15) is 0 Å². The Kier molecular flexibility index (Phi) is 2.60. The summed E-state index contributed by atoms with van der Waals surface area (Å²) in [6, 6.07) is 14.8. The Bertz CT molecular complexity index is 1100. The molecule has 22 heavy (non-hydrogen) atoms. The molecule has 3 aromatic carbocycles. The van der Waals surface area contributed by atoms with Crippen molar-refractivity contribution < 1.29 is 9.15 Å². The van der Waals surface area contributed by atoms with Gasteiger partial charge in [0.05, 0.1) is 23.6 Å². The molecular formula is C18H13NO3. The zero-order valence-corrected chi connectivity index (χ0v) is 11.9. The first-order chi connectivity index (χ1) is 10.7. The number of hydrogen-bond acceptors (Lipinski definition) is 4. The van der Waals surface area contributed by atoms with Gasteiger partial charge in [0.1, 0.15) is 16.9 Å². The topological polar surface area (TPSA) is 65.5 Å². The molecule has 1 heterocycles. The molecule has 0 unspecified atom stereocenters. The van der Waals surface area contributed by atoms with Crippen LogP contribution in [0.3, 0.4) is 0 Å². The van der Waals surface area contributed by atoms with E-state index in [4.69, 9.17) is 14.9 Å². The van der Waals surface area contributed by atoms with E-state index >= 15 is 0 Å². The normalized spacial score (nSPS) is 11.3. The summed E-state index contributed by atoms with van der Waals surface area (Å²) < 4.78 is 11.1. The van der Waals surface area contributed by atoms with Crippen LogP contribution in [0.5, 0.6) is 5.75 Å². The van der Waals surface area contributed by atoms with Crippen molar-refractivity contribution >= 4 is 38.4 Å². The number of hydrogen-bond donors (Lipinski definition) is 1. The summed E-state index contributed by atoms with van der Waals surface area (Å²) in [4.78, 5) is 12.9. The van der Waals surface area contributed by atoms with Gasteiger partial charge in [0.25, 0.3) is 0 Å².